The molecule has 92 valence electrons. The first-order valence-electron chi connectivity index (χ1n) is 5.99. The highest BCUT2D eigenvalue weighted by molar-refractivity contribution is 5.28. The van der Waals surface area contributed by atoms with Crippen LogP contribution in [0.1, 0.15) is 50.8 Å². The maximum atomic E-state index is 8.60. The van der Waals surface area contributed by atoms with Gasteiger partial charge in [0.25, 0.3) is 0 Å². The minimum absolute atomic E-state index is 0.0312. The smallest absolute Gasteiger partial charge is 0.0831 e. The van der Waals surface area contributed by atoms with E-state index in [0.717, 1.165) is 12.0 Å². The normalized spacial score (nSPS) is 13.1. The number of hydrogen-bond acceptors (Lipinski definition) is 2. The van der Waals surface area contributed by atoms with E-state index in [-0.39, 0.29) is 11.5 Å². The highest BCUT2D eigenvalue weighted by Gasteiger charge is 2.15. The van der Waals surface area contributed by atoms with Crippen LogP contribution >= 0.6 is 0 Å². The summed E-state index contributed by atoms with van der Waals surface area (Å²) >= 11 is 0. The van der Waals surface area contributed by atoms with Crippen LogP contribution in [0.15, 0.2) is 24.3 Å². The number of nitrogens with zero attached hydrogens (tertiary/aromatic N) is 1. The molecule has 1 aromatic carbocycles. The quantitative estimate of drug-likeness (QED) is 0.785. The molecule has 0 N–H and O–H groups in total. The fourth-order valence-corrected chi connectivity index (χ4v) is 1.81. The molecule has 0 radical (unpaired) electrons. The second-order valence-electron chi connectivity index (χ2n) is 5.29. The van der Waals surface area contributed by atoms with Crippen molar-refractivity contribution in [2.24, 2.45) is 0 Å². The molecule has 0 saturated heterocycles. The van der Waals surface area contributed by atoms with E-state index in [2.05, 4.69) is 51.1 Å². The molecule has 0 aliphatic carbocycles. The molecular weight excluding hydrogens is 210 g/mol. The Kier molecular flexibility index (Phi) is 4.72. The summed E-state index contributed by atoms with van der Waals surface area (Å²) in [6, 6.07) is 10.7. The Morgan fingerprint density at radius 3 is 2.24 bits per heavy atom. The molecule has 1 atom stereocenters. The van der Waals surface area contributed by atoms with E-state index >= 15 is 0 Å². The molecule has 0 aliphatic rings. The summed E-state index contributed by atoms with van der Waals surface area (Å²) in [5.41, 5.74) is 2.64. The summed E-state index contributed by atoms with van der Waals surface area (Å²) in [5.74, 6) is 0. The Hall–Kier alpha value is -1.33. The molecule has 0 aliphatic heterocycles. The lowest BCUT2D eigenvalue weighted by molar-refractivity contribution is 0.0969. The van der Waals surface area contributed by atoms with Gasteiger partial charge in [0.1, 0.15) is 0 Å². The fraction of sp³-hybridized carbons (Fsp3) is 0.533. The molecule has 1 rings (SSSR count). The summed E-state index contributed by atoms with van der Waals surface area (Å²) < 4.78 is 5.41. The SMILES string of the molecule is COC(CCC#N)c1ccc(C(C)(C)C)cc1. The van der Waals surface area contributed by atoms with E-state index in [1.807, 2.05) is 0 Å². The van der Waals surface area contributed by atoms with Gasteiger partial charge in [-0.05, 0) is 23.0 Å². The van der Waals surface area contributed by atoms with Crippen molar-refractivity contribution >= 4 is 0 Å². The molecule has 0 amide bonds. The van der Waals surface area contributed by atoms with Crippen molar-refractivity contribution in [2.75, 3.05) is 7.11 Å². The van der Waals surface area contributed by atoms with Crippen LogP contribution in [-0.2, 0) is 10.2 Å². The van der Waals surface area contributed by atoms with Crippen LogP contribution < -0.4 is 0 Å². The van der Waals surface area contributed by atoms with Gasteiger partial charge in [-0.2, -0.15) is 5.26 Å². The van der Waals surface area contributed by atoms with E-state index in [0.29, 0.717) is 6.42 Å². The first kappa shape index (κ1) is 13.7. The molecule has 1 unspecified atom stereocenters. The summed E-state index contributed by atoms with van der Waals surface area (Å²) in [7, 11) is 1.69. The van der Waals surface area contributed by atoms with Gasteiger partial charge in [-0.1, -0.05) is 45.0 Å². The van der Waals surface area contributed by atoms with Crippen molar-refractivity contribution in [1.29, 1.82) is 5.26 Å². The minimum Gasteiger partial charge on any atom is -0.377 e. The Labute approximate surface area is 104 Å². The lowest BCUT2D eigenvalue weighted by Gasteiger charge is -2.20. The molecule has 0 bridgehead atoms. The molecule has 0 saturated carbocycles. The van der Waals surface area contributed by atoms with E-state index in [1.54, 1.807) is 7.11 Å². The van der Waals surface area contributed by atoms with Crippen LogP contribution in [0.25, 0.3) is 0 Å². The molecule has 2 heteroatoms. The molecule has 17 heavy (non-hydrogen) atoms. The van der Waals surface area contributed by atoms with Crippen LogP contribution in [0.2, 0.25) is 0 Å². The third kappa shape index (κ3) is 3.87. The number of nitriles is 1. The lowest BCUT2D eigenvalue weighted by atomic mass is 9.86. The molecule has 0 heterocycles. The average Bonchev–Trinajstić information content (AvgIpc) is 2.29. The van der Waals surface area contributed by atoms with Crippen molar-refractivity contribution in [3.05, 3.63) is 35.4 Å². The van der Waals surface area contributed by atoms with Crippen molar-refractivity contribution in [3.63, 3.8) is 0 Å². The van der Waals surface area contributed by atoms with Crippen LogP contribution in [-0.4, -0.2) is 7.11 Å². The number of methoxy groups -OCH3 is 1. The largest absolute Gasteiger partial charge is 0.377 e. The Morgan fingerprint density at radius 1 is 1.24 bits per heavy atom. The Morgan fingerprint density at radius 2 is 1.82 bits per heavy atom. The molecular formula is C15H21NO. The average molecular weight is 231 g/mol. The van der Waals surface area contributed by atoms with Crippen LogP contribution in [0.3, 0.4) is 0 Å². The van der Waals surface area contributed by atoms with Crippen LogP contribution in [0.4, 0.5) is 0 Å². The van der Waals surface area contributed by atoms with Gasteiger partial charge in [-0.3, -0.25) is 0 Å². The monoisotopic (exact) mass is 231 g/mol. The lowest BCUT2D eigenvalue weighted by Crippen LogP contribution is -2.11. The number of rotatable bonds is 4. The maximum Gasteiger partial charge on any atom is 0.0831 e. The zero-order chi connectivity index (χ0) is 12.9. The molecule has 0 fully saturated rings. The van der Waals surface area contributed by atoms with Gasteiger partial charge in [0.15, 0.2) is 0 Å². The van der Waals surface area contributed by atoms with Gasteiger partial charge in [-0.25, -0.2) is 0 Å². The van der Waals surface area contributed by atoms with Gasteiger partial charge in [0.2, 0.25) is 0 Å². The zero-order valence-corrected chi connectivity index (χ0v) is 11.2. The van der Waals surface area contributed by atoms with Crippen molar-refractivity contribution in [3.8, 4) is 6.07 Å². The third-order valence-corrected chi connectivity index (χ3v) is 2.95. The van der Waals surface area contributed by atoms with E-state index in [1.165, 1.54) is 5.56 Å². The molecule has 0 spiro atoms. The van der Waals surface area contributed by atoms with Crippen molar-refractivity contribution in [1.82, 2.24) is 0 Å². The topological polar surface area (TPSA) is 33.0 Å². The second kappa shape index (κ2) is 5.84. The van der Waals surface area contributed by atoms with Gasteiger partial charge < -0.3 is 4.74 Å². The van der Waals surface area contributed by atoms with E-state index in [9.17, 15) is 0 Å². The highest BCUT2D eigenvalue weighted by atomic mass is 16.5. The summed E-state index contributed by atoms with van der Waals surface area (Å²) in [4.78, 5) is 0. The third-order valence-electron chi connectivity index (χ3n) is 2.95. The van der Waals surface area contributed by atoms with Gasteiger partial charge in [-0.15, -0.1) is 0 Å². The van der Waals surface area contributed by atoms with E-state index in [4.69, 9.17) is 10.00 Å². The number of benzene rings is 1. The number of hydrogen-bond donors (Lipinski definition) is 0. The van der Waals surface area contributed by atoms with E-state index < -0.39 is 0 Å². The van der Waals surface area contributed by atoms with Gasteiger partial charge in [0, 0.05) is 13.5 Å². The second-order valence-corrected chi connectivity index (χ2v) is 5.29. The Balaban J connectivity index is 2.82. The summed E-state index contributed by atoms with van der Waals surface area (Å²) in [6.45, 7) is 6.60. The maximum absolute atomic E-state index is 8.60. The summed E-state index contributed by atoms with van der Waals surface area (Å²) in [5, 5.41) is 8.60. The van der Waals surface area contributed by atoms with Crippen LogP contribution in [0, 0.1) is 11.3 Å². The van der Waals surface area contributed by atoms with Crippen molar-refractivity contribution < 1.29 is 4.74 Å². The predicted octanol–water partition coefficient (Wildman–Crippen LogP) is 3.98. The van der Waals surface area contributed by atoms with Gasteiger partial charge >= 0.3 is 0 Å². The predicted molar refractivity (Wildman–Crippen MR) is 69.7 cm³/mol. The van der Waals surface area contributed by atoms with Gasteiger partial charge in [0.05, 0.1) is 12.2 Å². The molecule has 2 nitrogen and oxygen atoms in total. The molecule has 0 aromatic heterocycles. The first-order valence-corrected chi connectivity index (χ1v) is 5.99. The first-order chi connectivity index (χ1) is 7.99. The van der Waals surface area contributed by atoms with Crippen LogP contribution in [0.5, 0.6) is 0 Å². The molecule has 1 aromatic rings. The van der Waals surface area contributed by atoms with Crippen molar-refractivity contribution in [2.45, 2.75) is 45.1 Å². The number of ether oxygens (including phenoxy) is 1. The Bertz CT molecular complexity index is 381. The standard InChI is InChI=1S/C15H21NO/c1-15(2,3)13-9-7-12(8-10-13)14(17-4)6-5-11-16/h7-10,14H,5-6H2,1-4H3. The highest BCUT2D eigenvalue weighted by Crippen LogP contribution is 2.26. The summed E-state index contributed by atoms with van der Waals surface area (Å²) in [6.07, 6.45) is 1.31. The zero-order valence-electron chi connectivity index (χ0n) is 11.2. The fourth-order valence-electron chi connectivity index (χ4n) is 1.81. The minimum atomic E-state index is 0.0312.